The lowest BCUT2D eigenvalue weighted by atomic mass is 10.1. The third-order valence-electron chi connectivity index (χ3n) is 7.71. The molecule has 0 heterocycles. The summed E-state index contributed by atoms with van der Waals surface area (Å²) in [6.45, 7) is 3.49. The molecule has 9 heteroatoms. The van der Waals surface area contributed by atoms with Crippen molar-refractivity contribution in [3.63, 3.8) is 0 Å². The predicted molar refractivity (Wildman–Crippen MR) is 207 cm³/mol. The molecular weight excluding hydrogens is 651 g/mol. The molecule has 286 valence electrons. The number of esters is 2. The van der Waals surface area contributed by atoms with E-state index in [2.05, 4.69) is 85.2 Å². The standard InChI is InChI=1S/C41H69O8P/c1-3-5-7-9-11-13-15-17-19-20-22-23-25-27-29-31-33-35-40(42)47-37-39(38-48-50(44,45)46)49-41(43)36-34-32-30-28-26-24-21-18-16-14-12-10-8-6-4-2/h5,7,11,13-14,16-17,19,22-23,27,29,39H,3-4,6,8-10,12,15,18,20-21,24-26,28,30-38H2,1-2H3,(H2,44,45,46)/b7-5+,13-11+,16-14+,19-17+,23-22+,29-27+/t39-/m1/s1. The Kier molecular flexibility index (Phi) is 34.5. The van der Waals surface area contributed by atoms with Crippen molar-refractivity contribution in [3.05, 3.63) is 72.9 Å². The van der Waals surface area contributed by atoms with E-state index in [9.17, 15) is 14.2 Å². The first-order chi connectivity index (χ1) is 24.3. The van der Waals surface area contributed by atoms with E-state index >= 15 is 0 Å². The second-order valence-electron chi connectivity index (χ2n) is 12.5. The van der Waals surface area contributed by atoms with Gasteiger partial charge >= 0.3 is 19.8 Å². The molecule has 0 aromatic rings. The molecule has 0 unspecified atom stereocenters. The molecule has 0 bridgehead atoms. The summed E-state index contributed by atoms with van der Waals surface area (Å²) in [5, 5.41) is 0. The summed E-state index contributed by atoms with van der Waals surface area (Å²) in [5.74, 6) is -0.965. The summed E-state index contributed by atoms with van der Waals surface area (Å²) in [4.78, 5) is 42.7. The van der Waals surface area contributed by atoms with Crippen molar-refractivity contribution in [2.75, 3.05) is 13.2 Å². The second-order valence-corrected chi connectivity index (χ2v) is 13.8. The Labute approximate surface area is 304 Å². The van der Waals surface area contributed by atoms with Gasteiger partial charge in [0.05, 0.1) is 6.61 Å². The fourth-order valence-electron chi connectivity index (χ4n) is 4.87. The highest BCUT2D eigenvalue weighted by atomic mass is 31.2. The number of ether oxygens (including phenoxy) is 2. The van der Waals surface area contributed by atoms with E-state index < -0.39 is 32.5 Å². The van der Waals surface area contributed by atoms with Crippen molar-refractivity contribution in [2.45, 2.75) is 161 Å². The van der Waals surface area contributed by atoms with Crippen molar-refractivity contribution in [1.29, 1.82) is 0 Å². The van der Waals surface area contributed by atoms with Gasteiger partial charge in [-0.3, -0.25) is 14.1 Å². The molecule has 2 N–H and O–H groups in total. The molecule has 0 aliphatic heterocycles. The van der Waals surface area contributed by atoms with E-state index in [0.717, 1.165) is 64.2 Å². The van der Waals surface area contributed by atoms with Crippen molar-refractivity contribution in [3.8, 4) is 0 Å². The van der Waals surface area contributed by atoms with Gasteiger partial charge in [0, 0.05) is 12.8 Å². The van der Waals surface area contributed by atoms with Crippen LogP contribution in [0.2, 0.25) is 0 Å². The van der Waals surface area contributed by atoms with Crippen LogP contribution in [0.4, 0.5) is 0 Å². The zero-order valence-corrected chi connectivity index (χ0v) is 32.2. The average Bonchev–Trinajstić information content (AvgIpc) is 3.08. The van der Waals surface area contributed by atoms with Gasteiger partial charge < -0.3 is 19.3 Å². The molecule has 0 saturated carbocycles. The van der Waals surface area contributed by atoms with Gasteiger partial charge in [-0.15, -0.1) is 0 Å². The van der Waals surface area contributed by atoms with Crippen molar-refractivity contribution < 1.29 is 37.9 Å². The molecular formula is C41H69O8P. The van der Waals surface area contributed by atoms with Gasteiger partial charge in [0.15, 0.2) is 6.10 Å². The van der Waals surface area contributed by atoms with E-state index in [1.165, 1.54) is 51.4 Å². The van der Waals surface area contributed by atoms with Crippen LogP contribution in [-0.4, -0.2) is 41.0 Å². The Morgan fingerprint density at radius 2 is 0.980 bits per heavy atom. The van der Waals surface area contributed by atoms with E-state index in [1.54, 1.807) is 0 Å². The van der Waals surface area contributed by atoms with Crippen molar-refractivity contribution >= 4 is 19.8 Å². The van der Waals surface area contributed by atoms with Gasteiger partial charge in [-0.1, -0.05) is 138 Å². The summed E-state index contributed by atoms with van der Waals surface area (Å²) in [6.07, 6.45) is 46.2. The SMILES string of the molecule is CC/C=C/C/C=C/C/C=C/C/C=C/C/C=C/CCCC(=O)OC[C@H](COP(=O)(O)O)OC(=O)CCCCCCCCC/C=C/CCCCCC. The fraction of sp³-hybridized carbons (Fsp3) is 0.659. The minimum Gasteiger partial charge on any atom is -0.462 e. The molecule has 50 heavy (non-hydrogen) atoms. The van der Waals surface area contributed by atoms with Crippen LogP contribution in [-0.2, 0) is 28.2 Å². The van der Waals surface area contributed by atoms with Gasteiger partial charge in [-0.25, -0.2) is 4.57 Å². The van der Waals surface area contributed by atoms with Crippen LogP contribution < -0.4 is 0 Å². The summed E-state index contributed by atoms with van der Waals surface area (Å²) < 4.78 is 26.3. The summed E-state index contributed by atoms with van der Waals surface area (Å²) >= 11 is 0. The summed E-state index contributed by atoms with van der Waals surface area (Å²) in [5.41, 5.74) is 0. The van der Waals surface area contributed by atoms with Crippen LogP contribution in [0, 0.1) is 0 Å². The van der Waals surface area contributed by atoms with Gasteiger partial charge in [-0.2, -0.15) is 0 Å². The molecule has 0 radical (unpaired) electrons. The van der Waals surface area contributed by atoms with E-state index in [4.69, 9.17) is 19.3 Å². The van der Waals surface area contributed by atoms with Crippen LogP contribution in [0.1, 0.15) is 155 Å². The highest BCUT2D eigenvalue weighted by molar-refractivity contribution is 7.46. The molecule has 0 spiro atoms. The first-order valence-corrected chi connectivity index (χ1v) is 20.8. The number of phosphoric acid groups is 1. The Morgan fingerprint density at radius 1 is 0.540 bits per heavy atom. The lowest BCUT2D eigenvalue weighted by Gasteiger charge is -2.18. The zero-order chi connectivity index (χ0) is 36.8. The maximum Gasteiger partial charge on any atom is 0.469 e. The van der Waals surface area contributed by atoms with Crippen molar-refractivity contribution in [2.24, 2.45) is 0 Å². The number of phosphoric ester groups is 1. The first-order valence-electron chi connectivity index (χ1n) is 19.2. The molecule has 0 aliphatic rings. The van der Waals surface area contributed by atoms with Crippen molar-refractivity contribution in [1.82, 2.24) is 0 Å². The number of hydrogen-bond acceptors (Lipinski definition) is 6. The summed E-state index contributed by atoms with van der Waals surface area (Å²) in [6, 6.07) is 0. The highest BCUT2D eigenvalue weighted by Gasteiger charge is 2.22. The van der Waals surface area contributed by atoms with Crippen LogP contribution in [0.5, 0.6) is 0 Å². The number of carbonyl (C=O) groups is 2. The van der Waals surface area contributed by atoms with Gasteiger partial charge in [0.1, 0.15) is 6.61 Å². The minimum absolute atomic E-state index is 0.185. The summed E-state index contributed by atoms with van der Waals surface area (Å²) in [7, 11) is -4.77. The highest BCUT2D eigenvalue weighted by Crippen LogP contribution is 2.36. The van der Waals surface area contributed by atoms with Crippen LogP contribution in [0.25, 0.3) is 0 Å². The Morgan fingerprint density at radius 3 is 1.52 bits per heavy atom. The molecule has 0 aliphatic carbocycles. The number of hydrogen-bond donors (Lipinski definition) is 2. The molecule has 0 saturated heterocycles. The van der Waals surface area contributed by atoms with Crippen LogP contribution in [0.3, 0.4) is 0 Å². The fourth-order valence-corrected chi connectivity index (χ4v) is 5.23. The molecule has 0 aromatic heterocycles. The largest absolute Gasteiger partial charge is 0.469 e. The number of unbranched alkanes of at least 4 members (excludes halogenated alkanes) is 12. The number of allylic oxidation sites excluding steroid dienone is 12. The predicted octanol–water partition coefficient (Wildman–Crippen LogP) is 11.5. The quantitative estimate of drug-likeness (QED) is 0.0292. The lowest BCUT2D eigenvalue weighted by molar-refractivity contribution is -0.161. The molecule has 0 amide bonds. The molecule has 1 atom stereocenters. The Bertz CT molecular complexity index is 1040. The topological polar surface area (TPSA) is 119 Å². The normalized spacial score (nSPS) is 13.3. The molecule has 0 aromatic carbocycles. The van der Waals surface area contributed by atoms with Gasteiger partial charge in [-0.05, 0) is 77.0 Å². The molecule has 0 rings (SSSR count). The number of rotatable bonds is 34. The van der Waals surface area contributed by atoms with E-state index in [0.29, 0.717) is 12.8 Å². The monoisotopic (exact) mass is 720 g/mol. The second kappa shape index (κ2) is 36.3. The lowest BCUT2D eigenvalue weighted by Crippen LogP contribution is -2.29. The average molecular weight is 721 g/mol. The smallest absolute Gasteiger partial charge is 0.462 e. The zero-order valence-electron chi connectivity index (χ0n) is 31.3. The van der Waals surface area contributed by atoms with E-state index in [1.807, 2.05) is 6.08 Å². The Balaban J connectivity index is 4.08. The first kappa shape index (κ1) is 47.5. The third-order valence-corrected chi connectivity index (χ3v) is 8.19. The number of carbonyl (C=O) groups excluding carboxylic acids is 2. The maximum absolute atomic E-state index is 12.4. The van der Waals surface area contributed by atoms with Crippen LogP contribution >= 0.6 is 7.82 Å². The van der Waals surface area contributed by atoms with Crippen LogP contribution in [0.15, 0.2) is 72.9 Å². The van der Waals surface area contributed by atoms with E-state index in [-0.39, 0.29) is 19.4 Å². The molecule has 8 nitrogen and oxygen atoms in total. The molecule has 0 fully saturated rings. The third kappa shape index (κ3) is 38.3. The Hall–Kier alpha value is -2.51. The minimum atomic E-state index is -4.77. The van der Waals surface area contributed by atoms with Gasteiger partial charge in [0.2, 0.25) is 0 Å². The maximum atomic E-state index is 12.4. The van der Waals surface area contributed by atoms with Gasteiger partial charge in [0.25, 0.3) is 0 Å².